The first-order valence-corrected chi connectivity index (χ1v) is 6.47. The van der Waals surface area contributed by atoms with E-state index in [0.717, 1.165) is 6.07 Å². The summed E-state index contributed by atoms with van der Waals surface area (Å²) in [6.45, 7) is 0. The fourth-order valence-electron chi connectivity index (χ4n) is 2.33. The van der Waals surface area contributed by atoms with Crippen molar-refractivity contribution in [2.75, 3.05) is 0 Å². The van der Waals surface area contributed by atoms with E-state index in [2.05, 4.69) is 0 Å². The van der Waals surface area contributed by atoms with E-state index in [9.17, 15) is 13.2 Å². The first-order chi connectivity index (χ1) is 10.2. The Kier molecular flexibility index (Phi) is 4.83. The Morgan fingerprint density at radius 2 is 1.09 bits per heavy atom. The number of rotatable bonds is 2. The molecule has 0 fully saturated rings. The SMILES string of the molecule is Fc1cc(-c2ccccc2)c(-c2ccccc2)c(F)c1F.[SiH4]. The van der Waals surface area contributed by atoms with E-state index in [1.165, 1.54) is 0 Å². The second kappa shape index (κ2) is 6.62. The molecule has 3 aromatic carbocycles. The fraction of sp³-hybridized carbons (Fsp3) is 0. The van der Waals surface area contributed by atoms with Gasteiger partial charge in [0, 0.05) is 5.56 Å². The molecule has 0 radical (unpaired) electrons. The van der Waals surface area contributed by atoms with Gasteiger partial charge in [-0.15, -0.1) is 0 Å². The van der Waals surface area contributed by atoms with Crippen LogP contribution in [-0.4, -0.2) is 11.0 Å². The lowest BCUT2D eigenvalue weighted by Gasteiger charge is -2.12. The van der Waals surface area contributed by atoms with Crippen molar-refractivity contribution >= 4 is 11.0 Å². The van der Waals surface area contributed by atoms with Crippen molar-refractivity contribution in [3.8, 4) is 22.3 Å². The van der Waals surface area contributed by atoms with E-state index in [1.54, 1.807) is 54.6 Å². The van der Waals surface area contributed by atoms with Crippen LogP contribution in [-0.2, 0) is 0 Å². The molecule has 0 atom stereocenters. The summed E-state index contributed by atoms with van der Waals surface area (Å²) in [6, 6.07) is 18.4. The molecule has 0 amide bonds. The Hall–Kier alpha value is -2.33. The molecule has 0 saturated heterocycles. The van der Waals surface area contributed by atoms with Gasteiger partial charge in [0.2, 0.25) is 0 Å². The van der Waals surface area contributed by atoms with E-state index in [1.807, 2.05) is 6.07 Å². The van der Waals surface area contributed by atoms with Gasteiger partial charge in [-0.25, -0.2) is 13.2 Å². The lowest BCUT2D eigenvalue weighted by molar-refractivity contribution is 0.449. The molecule has 0 aliphatic heterocycles. The molecular formula is C18H15F3Si. The molecule has 0 aromatic heterocycles. The molecule has 0 aliphatic carbocycles. The first-order valence-electron chi connectivity index (χ1n) is 6.47. The molecule has 0 aliphatic rings. The lowest BCUT2D eigenvalue weighted by atomic mass is 9.93. The van der Waals surface area contributed by atoms with E-state index in [4.69, 9.17) is 0 Å². The molecule has 4 heteroatoms. The van der Waals surface area contributed by atoms with Crippen LogP contribution >= 0.6 is 0 Å². The minimum atomic E-state index is -1.45. The highest BCUT2D eigenvalue weighted by Crippen LogP contribution is 2.36. The largest absolute Gasteiger partial charge is 0.204 e. The van der Waals surface area contributed by atoms with E-state index < -0.39 is 17.5 Å². The summed E-state index contributed by atoms with van der Waals surface area (Å²) >= 11 is 0. The number of benzene rings is 3. The molecule has 0 saturated carbocycles. The van der Waals surface area contributed by atoms with E-state index in [0.29, 0.717) is 16.7 Å². The molecule has 0 bridgehead atoms. The molecule has 3 rings (SSSR count). The van der Waals surface area contributed by atoms with Gasteiger partial charge < -0.3 is 0 Å². The van der Waals surface area contributed by atoms with Crippen LogP contribution < -0.4 is 0 Å². The minimum absolute atomic E-state index is 0. The van der Waals surface area contributed by atoms with Gasteiger partial charge in [-0.2, -0.15) is 0 Å². The fourth-order valence-corrected chi connectivity index (χ4v) is 2.33. The van der Waals surface area contributed by atoms with Crippen molar-refractivity contribution in [3.05, 3.63) is 84.2 Å². The third-order valence-corrected chi connectivity index (χ3v) is 3.31. The second-order valence-electron chi connectivity index (χ2n) is 4.64. The van der Waals surface area contributed by atoms with Gasteiger partial charge in [0.05, 0.1) is 0 Å². The van der Waals surface area contributed by atoms with Gasteiger partial charge in [0.1, 0.15) is 0 Å². The first kappa shape index (κ1) is 16.0. The Labute approximate surface area is 131 Å². The summed E-state index contributed by atoms with van der Waals surface area (Å²) in [4.78, 5) is 0. The van der Waals surface area contributed by atoms with Crippen molar-refractivity contribution in [1.29, 1.82) is 0 Å². The van der Waals surface area contributed by atoms with E-state index in [-0.39, 0.29) is 16.5 Å². The molecule has 112 valence electrons. The van der Waals surface area contributed by atoms with Crippen LogP contribution in [0.5, 0.6) is 0 Å². The maximum Gasteiger partial charge on any atom is 0.195 e. The average Bonchev–Trinajstić information content (AvgIpc) is 2.54. The van der Waals surface area contributed by atoms with Gasteiger partial charge in [0.15, 0.2) is 17.5 Å². The third kappa shape index (κ3) is 2.83. The van der Waals surface area contributed by atoms with Crippen molar-refractivity contribution in [1.82, 2.24) is 0 Å². The summed E-state index contributed by atoms with van der Waals surface area (Å²) < 4.78 is 41.5. The molecule has 3 aromatic rings. The molecule has 0 heterocycles. The summed E-state index contributed by atoms with van der Waals surface area (Å²) in [5.74, 6) is -3.81. The maximum atomic E-state index is 14.3. The molecular weight excluding hydrogens is 301 g/mol. The molecule has 0 N–H and O–H groups in total. The zero-order valence-corrected chi connectivity index (χ0v) is 11.0. The maximum absolute atomic E-state index is 14.3. The van der Waals surface area contributed by atoms with E-state index >= 15 is 0 Å². The number of hydrogen-bond acceptors (Lipinski definition) is 0. The van der Waals surface area contributed by atoms with Crippen LogP contribution in [0.4, 0.5) is 13.2 Å². The highest BCUT2D eigenvalue weighted by molar-refractivity contribution is 5.84. The van der Waals surface area contributed by atoms with Crippen LogP contribution in [0.15, 0.2) is 66.7 Å². The molecule has 0 spiro atoms. The molecule has 22 heavy (non-hydrogen) atoms. The van der Waals surface area contributed by atoms with Crippen LogP contribution in [0, 0.1) is 17.5 Å². The standard InChI is InChI=1S/C18H11F3.H4Si/c19-15-11-14(12-7-3-1-4-8-12)16(18(21)17(15)20)13-9-5-2-6-10-13;/h1-11H;1H4. The predicted octanol–water partition coefficient (Wildman–Crippen LogP) is 3.99. The van der Waals surface area contributed by atoms with Crippen molar-refractivity contribution < 1.29 is 13.2 Å². The predicted molar refractivity (Wildman–Crippen MR) is 88.5 cm³/mol. The normalized spacial score (nSPS) is 10.1. The van der Waals surface area contributed by atoms with Gasteiger partial charge in [-0.05, 0) is 33.7 Å². The smallest absolute Gasteiger partial charge is 0.195 e. The molecule has 0 unspecified atom stereocenters. The Bertz CT molecular complexity index is 771. The highest BCUT2D eigenvalue weighted by Gasteiger charge is 2.20. The Balaban J connectivity index is 0.00000176. The van der Waals surface area contributed by atoms with Crippen LogP contribution in [0.3, 0.4) is 0 Å². The second-order valence-corrected chi connectivity index (χ2v) is 4.64. The lowest BCUT2D eigenvalue weighted by Crippen LogP contribution is -1.98. The third-order valence-electron chi connectivity index (χ3n) is 3.31. The quantitative estimate of drug-likeness (QED) is 0.495. The van der Waals surface area contributed by atoms with Crippen LogP contribution in [0.2, 0.25) is 0 Å². The van der Waals surface area contributed by atoms with Gasteiger partial charge >= 0.3 is 0 Å². The summed E-state index contributed by atoms with van der Waals surface area (Å²) in [5, 5.41) is 0. The summed E-state index contributed by atoms with van der Waals surface area (Å²) in [6.07, 6.45) is 0. The van der Waals surface area contributed by atoms with Crippen LogP contribution in [0.25, 0.3) is 22.3 Å². The monoisotopic (exact) mass is 316 g/mol. The van der Waals surface area contributed by atoms with Crippen molar-refractivity contribution in [3.63, 3.8) is 0 Å². The Morgan fingerprint density at radius 1 is 0.591 bits per heavy atom. The Morgan fingerprint density at radius 3 is 1.64 bits per heavy atom. The van der Waals surface area contributed by atoms with Gasteiger partial charge in [-0.3, -0.25) is 0 Å². The zero-order valence-electron chi connectivity index (χ0n) is 11.0. The highest BCUT2D eigenvalue weighted by atomic mass is 28.1. The molecule has 0 nitrogen and oxygen atoms in total. The number of halogens is 3. The van der Waals surface area contributed by atoms with Gasteiger partial charge in [0.25, 0.3) is 0 Å². The van der Waals surface area contributed by atoms with Crippen molar-refractivity contribution in [2.24, 2.45) is 0 Å². The minimum Gasteiger partial charge on any atom is -0.204 e. The van der Waals surface area contributed by atoms with Crippen molar-refractivity contribution in [2.45, 2.75) is 0 Å². The zero-order chi connectivity index (χ0) is 14.8. The number of hydrogen-bond donors (Lipinski definition) is 0. The summed E-state index contributed by atoms with van der Waals surface area (Å²) in [7, 11) is 0. The topological polar surface area (TPSA) is 0 Å². The summed E-state index contributed by atoms with van der Waals surface area (Å²) in [5.41, 5.74) is 1.54. The van der Waals surface area contributed by atoms with Crippen LogP contribution in [0.1, 0.15) is 0 Å². The average molecular weight is 316 g/mol. The van der Waals surface area contributed by atoms with Gasteiger partial charge in [-0.1, -0.05) is 60.7 Å².